The molecule has 1 aromatic carbocycles. The minimum Gasteiger partial charge on any atom is -0.352 e. The van der Waals surface area contributed by atoms with E-state index in [1.54, 1.807) is 0 Å². The molecule has 0 aromatic heterocycles. The Bertz CT molecular complexity index is 335. The van der Waals surface area contributed by atoms with E-state index in [4.69, 9.17) is 0 Å². The largest absolute Gasteiger partial charge is 0.352 e. The molecule has 12 heavy (non-hydrogen) atoms. The van der Waals surface area contributed by atoms with Crippen LogP contribution in [0.25, 0.3) is 0 Å². The highest BCUT2D eigenvalue weighted by Gasteiger charge is 2.15. The average molecular weight is 179 g/mol. The first-order chi connectivity index (χ1) is 5.77. The number of amides is 1. The second-order valence-electron chi connectivity index (χ2n) is 2.85. The predicted octanol–water partition coefficient (Wildman–Crippen LogP) is 1.26. The molecule has 0 bridgehead atoms. The summed E-state index contributed by atoms with van der Waals surface area (Å²) in [6.45, 7) is 0.748. The zero-order valence-corrected chi connectivity index (χ0v) is 7.40. The second kappa shape index (κ2) is 2.83. The molecule has 3 heteroatoms. The first kappa shape index (κ1) is 7.68. The summed E-state index contributed by atoms with van der Waals surface area (Å²) in [6, 6.07) is 5.70. The molecular weight excluding hydrogens is 170 g/mol. The summed E-state index contributed by atoms with van der Waals surface area (Å²) in [5, 5.41) is 2.79. The monoisotopic (exact) mass is 179 g/mol. The zero-order valence-electron chi connectivity index (χ0n) is 6.50. The molecule has 1 aliphatic heterocycles. The quantitative estimate of drug-likeness (QED) is 0.577. The van der Waals surface area contributed by atoms with Gasteiger partial charge in [0.05, 0.1) is 0 Å². The van der Waals surface area contributed by atoms with Crippen LogP contribution in [0.3, 0.4) is 0 Å². The van der Waals surface area contributed by atoms with Crippen molar-refractivity contribution in [2.45, 2.75) is 11.3 Å². The molecular formula is C9H9NOS. The Kier molecular flexibility index (Phi) is 1.81. The summed E-state index contributed by atoms with van der Waals surface area (Å²) < 4.78 is 0. The van der Waals surface area contributed by atoms with Crippen LogP contribution < -0.4 is 5.32 Å². The van der Waals surface area contributed by atoms with E-state index in [2.05, 4.69) is 17.9 Å². The SMILES string of the molecule is O=C1NCCc2ccc(S)cc21. The molecule has 1 heterocycles. The van der Waals surface area contributed by atoms with Gasteiger partial charge in [0.2, 0.25) is 0 Å². The van der Waals surface area contributed by atoms with E-state index in [-0.39, 0.29) is 5.91 Å². The van der Waals surface area contributed by atoms with Gasteiger partial charge >= 0.3 is 0 Å². The van der Waals surface area contributed by atoms with Gasteiger partial charge in [0.1, 0.15) is 0 Å². The molecule has 62 valence electrons. The first-order valence-corrected chi connectivity index (χ1v) is 4.32. The van der Waals surface area contributed by atoms with Crippen molar-refractivity contribution in [1.29, 1.82) is 0 Å². The van der Waals surface area contributed by atoms with E-state index in [9.17, 15) is 4.79 Å². The molecule has 0 spiro atoms. The topological polar surface area (TPSA) is 29.1 Å². The van der Waals surface area contributed by atoms with Crippen molar-refractivity contribution in [2.24, 2.45) is 0 Å². The molecule has 1 N–H and O–H groups in total. The minimum atomic E-state index is 0.0205. The van der Waals surface area contributed by atoms with Crippen LogP contribution in [0.1, 0.15) is 15.9 Å². The van der Waals surface area contributed by atoms with Crippen molar-refractivity contribution < 1.29 is 4.79 Å². The van der Waals surface area contributed by atoms with Crippen LogP contribution in [0.5, 0.6) is 0 Å². The number of fused-ring (bicyclic) bond motifs is 1. The molecule has 0 radical (unpaired) electrons. The number of nitrogens with one attached hydrogen (secondary N) is 1. The lowest BCUT2D eigenvalue weighted by Crippen LogP contribution is -2.31. The summed E-state index contributed by atoms with van der Waals surface area (Å²) in [5.41, 5.74) is 1.89. The molecule has 1 aromatic rings. The Morgan fingerprint density at radius 3 is 3.08 bits per heavy atom. The summed E-state index contributed by atoms with van der Waals surface area (Å²) in [6.07, 6.45) is 0.926. The van der Waals surface area contributed by atoms with Crippen molar-refractivity contribution in [3.63, 3.8) is 0 Å². The van der Waals surface area contributed by atoms with E-state index in [1.165, 1.54) is 0 Å². The first-order valence-electron chi connectivity index (χ1n) is 3.87. The van der Waals surface area contributed by atoms with Crippen molar-refractivity contribution >= 4 is 18.5 Å². The Labute approximate surface area is 76.4 Å². The maximum absolute atomic E-state index is 11.3. The Hall–Kier alpha value is -0.960. The molecule has 1 aliphatic rings. The molecule has 1 amide bonds. The summed E-state index contributed by atoms with van der Waals surface area (Å²) >= 11 is 4.18. The van der Waals surface area contributed by atoms with Crippen LogP contribution in [0.4, 0.5) is 0 Å². The molecule has 0 saturated carbocycles. The molecule has 2 rings (SSSR count). The van der Waals surface area contributed by atoms with Crippen LogP contribution in [0, 0.1) is 0 Å². The highest BCUT2D eigenvalue weighted by molar-refractivity contribution is 7.80. The van der Waals surface area contributed by atoms with Gasteiger partial charge in [-0.05, 0) is 24.1 Å². The maximum atomic E-state index is 11.3. The van der Waals surface area contributed by atoms with E-state index in [0.717, 1.165) is 29.0 Å². The third-order valence-corrected chi connectivity index (χ3v) is 2.30. The van der Waals surface area contributed by atoms with Gasteiger partial charge in [-0.15, -0.1) is 12.6 Å². The van der Waals surface area contributed by atoms with Gasteiger partial charge in [0, 0.05) is 17.0 Å². The Morgan fingerprint density at radius 2 is 2.25 bits per heavy atom. The van der Waals surface area contributed by atoms with E-state index < -0.39 is 0 Å². The van der Waals surface area contributed by atoms with E-state index in [1.807, 2.05) is 18.2 Å². The van der Waals surface area contributed by atoms with Crippen LogP contribution in [-0.2, 0) is 6.42 Å². The van der Waals surface area contributed by atoms with Crippen LogP contribution >= 0.6 is 12.6 Å². The molecule has 0 atom stereocenters. The van der Waals surface area contributed by atoms with Gasteiger partial charge in [-0.1, -0.05) is 6.07 Å². The fourth-order valence-corrected chi connectivity index (χ4v) is 1.60. The fraction of sp³-hybridized carbons (Fsp3) is 0.222. The molecule has 0 saturated heterocycles. The summed E-state index contributed by atoms with van der Waals surface area (Å²) in [7, 11) is 0. The molecule has 0 aliphatic carbocycles. The Balaban J connectivity index is 2.54. The van der Waals surface area contributed by atoms with Crippen molar-refractivity contribution in [2.75, 3.05) is 6.54 Å². The van der Waals surface area contributed by atoms with E-state index >= 15 is 0 Å². The van der Waals surface area contributed by atoms with Gasteiger partial charge in [0.25, 0.3) is 5.91 Å². The number of thiol groups is 1. The van der Waals surface area contributed by atoms with Gasteiger partial charge in [-0.2, -0.15) is 0 Å². The summed E-state index contributed by atoms with van der Waals surface area (Å²) in [4.78, 5) is 12.1. The Morgan fingerprint density at radius 1 is 1.42 bits per heavy atom. The maximum Gasteiger partial charge on any atom is 0.251 e. The predicted molar refractivity (Wildman–Crippen MR) is 49.7 cm³/mol. The standard InChI is InChI=1S/C9H9NOS/c11-9-8-5-7(12)2-1-6(8)3-4-10-9/h1-2,5,12H,3-4H2,(H,10,11). The number of rotatable bonds is 0. The lowest BCUT2D eigenvalue weighted by molar-refractivity contribution is 0.0946. The van der Waals surface area contributed by atoms with Gasteiger partial charge < -0.3 is 5.32 Å². The lowest BCUT2D eigenvalue weighted by atomic mass is 10.0. The third-order valence-electron chi connectivity index (χ3n) is 2.02. The highest BCUT2D eigenvalue weighted by atomic mass is 32.1. The second-order valence-corrected chi connectivity index (χ2v) is 3.36. The van der Waals surface area contributed by atoms with Gasteiger partial charge in [0.15, 0.2) is 0 Å². The third kappa shape index (κ3) is 1.20. The summed E-state index contributed by atoms with van der Waals surface area (Å²) in [5.74, 6) is 0.0205. The number of benzene rings is 1. The molecule has 0 fully saturated rings. The number of hydrogen-bond donors (Lipinski definition) is 2. The van der Waals surface area contributed by atoms with Crippen molar-refractivity contribution in [3.8, 4) is 0 Å². The zero-order chi connectivity index (χ0) is 8.55. The minimum absolute atomic E-state index is 0.0205. The fourth-order valence-electron chi connectivity index (χ4n) is 1.40. The van der Waals surface area contributed by atoms with Crippen molar-refractivity contribution in [1.82, 2.24) is 5.32 Å². The van der Waals surface area contributed by atoms with Gasteiger partial charge in [-0.3, -0.25) is 4.79 Å². The molecule has 2 nitrogen and oxygen atoms in total. The lowest BCUT2D eigenvalue weighted by Gasteiger charge is -2.15. The number of carbonyl (C=O) groups excluding carboxylic acids is 1. The highest BCUT2D eigenvalue weighted by Crippen LogP contribution is 2.17. The number of hydrogen-bond acceptors (Lipinski definition) is 2. The van der Waals surface area contributed by atoms with Crippen LogP contribution in [-0.4, -0.2) is 12.5 Å². The molecule has 0 unspecified atom stereocenters. The number of carbonyl (C=O) groups is 1. The van der Waals surface area contributed by atoms with E-state index in [0.29, 0.717) is 0 Å². The normalized spacial score (nSPS) is 15.2. The van der Waals surface area contributed by atoms with Crippen LogP contribution in [0.15, 0.2) is 23.1 Å². The van der Waals surface area contributed by atoms with Crippen molar-refractivity contribution in [3.05, 3.63) is 29.3 Å². The van der Waals surface area contributed by atoms with Gasteiger partial charge in [-0.25, -0.2) is 0 Å². The van der Waals surface area contributed by atoms with Crippen LogP contribution in [0.2, 0.25) is 0 Å². The smallest absolute Gasteiger partial charge is 0.251 e. The average Bonchev–Trinajstić information content (AvgIpc) is 2.07.